The topological polar surface area (TPSA) is 68.5 Å². The van der Waals surface area contributed by atoms with Crippen molar-refractivity contribution in [3.8, 4) is 0 Å². The first-order valence-electron chi connectivity index (χ1n) is 7.15. The molecule has 2 heterocycles. The average Bonchev–Trinajstić information content (AvgIpc) is 2.89. The SMILES string of the molecule is O=S(=O)(CC1CCOCC1)NCc1cc2ccccc2o1. The maximum Gasteiger partial charge on any atom is 0.212 e. The summed E-state index contributed by atoms with van der Waals surface area (Å²) in [6.07, 6.45) is 1.62. The zero-order valence-corrected chi connectivity index (χ0v) is 12.6. The van der Waals surface area contributed by atoms with Gasteiger partial charge in [0.15, 0.2) is 0 Å². The lowest BCUT2D eigenvalue weighted by molar-refractivity contribution is 0.0723. The molecule has 114 valence electrons. The molecule has 1 N–H and O–H groups in total. The zero-order chi connectivity index (χ0) is 14.7. The fourth-order valence-electron chi connectivity index (χ4n) is 2.59. The van der Waals surface area contributed by atoms with Crippen molar-refractivity contribution >= 4 is 21.0 Å². The number of hydrogen-bond donors (Lipinski definition) is 1. The van der Waals surface area contributed by atoms with E-state index in [0.717, 1.165) is 23.8 Å². The van der Waals surface area contributed by atoms with Crippen LogP contribution in [0.5, 0.6) is 0 Å². The number of rotatable bonds is 5. The molecule has 0 aliphatic carbocycles. The second-order valence-corrected chi connectivity index (χ2v) is 7.26. The van der Waals surface area contributed by atoms with Gasteiger partial charge in [0.05, 0.1) is 12.3 Å². The average molecular weight is 309 g/mol. The van der Waals surface area contributed by atoms with Crippen LogP contribution in [-0.4, -0.2) is 27.4 Å². The Labute approximate surface area is 124 Å². The normalized spacial score (nSPS) is 17.3. The summed E-state index contributed by atoms with van der Waals surface area (Å²) >= 11 is 0. The van der Waals surface area contributed by atoms with Gasteiger partial charge >= 0.3 is 0 Å². The molecule has 0 spiro atoms. The van der Waals surface area contributed by atoms with E-state index >= 15 is 0 Å². The van der Waals surface area contributed by atoms with Crippen molar-refractivity contribution in [2.75, 3.05) is 19.0 Å². The highest BCUT2D eigenvalue weighted by atomic mass is 32.2. The molecule has 0 amide bonds. The molecule has 0 saturated carbocycles. The van der Waals surface area contributed by atoms with E-state index in [2.05, 4.69) is 4.72 Å². The minimum absolute atomic E-state index is 0.163. The third-order valence-corrected chi connectivity index (χ3v) is 5.23. The third-order valence-electron chi connectivity index (χ3n) is 3.74. The number of nitrogens with one attached hydrogen (secondary N) is 1. The maximum atomic E-state index is 12.1. The second-order valence-electron chi connectivity index (χ2n) is 5.41. The van der Waals surface area contributed by atoms with Crippen molar-refractivity contribution in [1.29, 1.82) is 0 Å². The van der Waals surface area contributed by atoms with Crippen LogP contribution >= 0.6 is 0 Å². The standard InChI is InChI=1S/C15H19NO4S/c17-21(18,11-12-5-7-19-8-6-12)16-10-14-9-13-3-1-2-4-15(13)20-14/h1-4,9,12,16H,5-8,10-11H2. The van der Waals surface area contributed by atoms with Gasteiger partial charge in [-0.1, -0.05) is 18.2 Å². The molecule has 0 bridgehead atoms. The van der Waals surface area contributed by atoms with Crippen LogP contribution in [0.2, 0.25) is 0 Å². The van der Waals surface area contributed by atoms with Crippen LogP contribution in [0.15, 0.2) is 34.7 Å². The van der Waals surface area contributed by atoms with Crippen molar-refractivity contribution in [2.45, 2.75) is 19.4 Å². The number of para-hydroxylation sites is 1. The fraction of sp³-hybridized carbons (Fsp3) is 0.467. The summed E-state index contributed by atoms with van der Waals surface area (Å²) in [4.78, 5) is 0. The van der Waals surface area contributed by atoms with Gasteiger partial charge in [-0.3, -0.25) is 0 Å². The van der Waals surface area contributed by atoms with Gasteiger partial charge in [0.2, 0.25) is 10.0 Å². The predicted molar refractivity (Wildman–Crippen MR) is 80.4 cm³/mol. The molecule has 2 aromatic rings. The van der Waals surface area contributed by atoms with Crippen LogP contribution in [-0.2, 0) is 21.3 Å². The van der Waals surface area contributed by atoms with E-state index in [1.54, 1.807) is 0 Å². The third kappa shape index (κ3) is 3.84. The maximum absolute atomic E-state index is 12.1. The lowest BCUT2D eigenvalue weighted by atomic mass is 10.0. The Bertz CT molecular complexity index is 668. The molecule has 5 nitrogen and oxygen atoms in total. The molecule has 3 rings (SSSR count). The first-order valence-corrected chi connectivity index (χ1v) is 8.80. The zero-order valence-electron chi connectivity index (χ0n) is 11.7. The van der Waals surface area contributed by atoms with Crippen LogP contribution in [0.4, 0.5) is 0 Å². The Morgan fingerprint density at radius 1 is 1.19 bits per heavy atom. The van der Waals surface area contributed by atoms with Gasteiger partial charge in [-0.05, 0) is 30.9 Å². The van der Waals surface area contributed by atoms with Gasteiger partial charge in [-0.2, -0.15) is 0 Å². The Kier molecular flexibility index (Phi) is 4.28. The summed E-state index contributed by atoms with van der Waals surface area (Å²) < 4.78 is 37.7. The summed E-state index contributed by atoms with van der Waals surface area (Å²) in [5.41, 5.74) is 0.774. The first kappa shape index (κ1) is 14.6. The van der Waals surface area contributed by atoms with Crippen molar-refractivity contribution in [1.82, 2.24) is 4.72 Å². The smallest absolute Gasteiger partial charge is 0.212 e. The van der Waals surface area contributed by atoms with E-state index in [0.29, 0.717) is 19.0 Å². The second kappa shape index (κ2) is 6.17. The summed E-state index contributed by atoms with van der Waals surface area (Å²) in [6.45, 7) is 1.51. The van der Waals surface area contributed by atoms with Crippen molar-refractivity contribution < 1.29 is 17.6 Å². The van der Waals surface area contributed by atoms with Crippen molar-refractivity contribution in [2.24, 2.45) is 5.92 Å². The minimum Gasteiger partial charge on any atom is -0.460 e. The number of hydrogen-bond acceptors (Lipinski definition) is 4. The predicted octanol–water partition coefficient (Wildman–Crippen LogP) is 2.28. The molecule has 1 aromatic carbocycles. The summed E-state index contributed by atoms with van der Waals surface area (Å²) in [7, 11) is -3.28. The number of sulfonamides is 1. The van der Waals surface area contributed by atoms with Crippen LogP contribution in [0.3, 0.4) is 0 Å². The first-order chi connectivity index (χ1) is 10.1. The molecule has 1 aliphatic heterocycles. The minimum atomic E-state index is -3.28. The van der Waals surface area contributed by atoms with Crippen LogP contribution in [0.1, 0.15) is 18.6 Å². The van der Waals surface area contributed by atoms with Gasteiger partial charge in [0.25, 0.3) is 0 Å². The summed E-state index contributed by atoms with van der Waals surface area (Å²) in [5, 5.41) is 0.983. The molecule has 1 saturated heterocycles. The summed E-state index contributed by atoms with van der Waals surface area (Å²) in [5.74, 6) is 0.982. The Morgan fingerprint density at radius 3 is 2.71 bits per heavy atom. The lowest BCUT2D eigenvalue weighted by Gasteiger charge is -2.21. The lowest BCUT2D eigenvalue weighted by Crippen LogP contribution is -2.31. The Hall–Kier alpha value is -1.37. The van der Waals surface area contributed by atoms with Gasteiger partial charge < -0.3 is 9.15 Å². The highest BCUT2D eigenvalue weighted by Gasteiger charge is 2.21. The largest absolute Gasteiger partial charge is 0.460 e. The monoisotopic (exact) mass is 309 g/mol. The van der Waals surface area contributed by atoms with Gasteiger partial charge in [0, 0.05) is 18.6 Å². The van der Waals surface area contributed by atoms with Crippen molar-refractivity contribution in [3.63, 3.8) is 0 Å². The van der Waals surface area contributed by atoms with E-state index in [-0.39, 0.29) is 18.2 Å². The molecule has 1 fully saturated rings. The van der Waals surface area contributed by atoms with Gasteiger partial charge in [-0.25, -0.2) is 13.1 Å². The quantitative estimate of drug-likeness (QED) is 0.920. The Balaban J connectivity index is 1.60. The molecule has 6 heteroatoms. The van der Waals surface area contributed by atoms with E-state index in [9.17, 15) is 8.42 Å². The van der Waals surface area contributed by atoms with Crippen LogP contribution < -0.4 is 4.72 Å². The molecular formula is C15H19NO4S. The molecule has 0 unspecified atom stereocenters. The molecule has 0 radical (unpaired) electrons. The van der Waals surface area contributed by atoms with Gasteiger partial charge in [0.1, 0.15) is 11.3 Å². The highest BCUT2D eigenvalue weighted by molar-refractivity contribution is 7.89. The van der Waals surface area contributed by atoms with Crippen LogP contribution in [0.25, 0.3) is 11.0 Å². The number of furan rings is 1. The van der Waals surface area contributed by atoms with E-state index in [1.165, 1.54) is 0 Å². The number of ether oxygens (including phenoxy) is 1. The molecule has 21 heavy (non-hydrogen) atoms. The van der Waals surface area contributed by atoms with E-state index < -0.39 is 10.0 Å². The Morgan fingerprint density at radius 2 is 1.95 bits per heavy atom. The molecule has 0 atom stereocenters. The van der Waals surface area contributed by atoms with Crippen LogP contribution in [0, 0.1) is 5.92 Å². The van der Waals surface area contributed by atoms with E-state index in [1.807, 2.05) is 30.3 Å². The molecular weight excluding hydrogens is 290 g/mol. The number of benzene rings is 1. The highest BCUT2D eigenvalue weighted by Crippen LogP contribution is 2.19. The van der Waals surface area contributed by atoms with E-state index in [4.69, 9.17) is 9.15 Å². The molecule has 1 aliphatic rings. The fourth-order valence-corrected chi connectivity index (χ4v) is 4.02. The van der Waals surface area contributed by atoms with Gasteiger partial charge in [-0.15, -0.1) is 0 Å². The van der Waals surface area contributed by atoms with Crippen molar-refractivity contribution in [3.05, 3.63) is 36.1 Å². The molecule has 1 aromatic heterocycles. The summed E-state index contributed by atoms with van der Waals surface area (Å²) in [6, 6.07) is 9.50. The number of fused-ring (bicyclic) bond motifs is 1.